The van der Waals surface area contributed by atoms with Crippen molar-refractivity contribution in [3.05, 3.63) is 29.3 Å². The number of hydrogen-bond donors (Lipinski definition) is 3. The summed E-state index contributed by atoms with van der Waals surface area (Å²) in [7, 11) is 0. The van der Waals surface area contributed by atoms with E-state index in [1.54, 1.807) is 6.07 Å². The number of primary amides is 1. The lowest BCUT2D eigenvalue weighted by atomic mass is 9.97. The Morgan fingerprint density at radius 1 is 1.42 bits per heavy atom. The number of fused-ring (bicyclic) bond motifs is 1. The van der Waals surface area contributed by atoms with Crippen LogP contribution in [-0.2, 0) is 11.2 Å². The SMILES string of the molecule is NC(=O)OCCNC(=O)c1cccc2c1CCCN2. The van der Waals surface area contributed by atoms with Crippen molar-refractivity contribution in [2.45, 2.75) is 12.8 Å². The zero-order valence-corrected chi connectivity index (χ0v) is 10.6. The molecule has 1 aromatic rings. The van der Waals surface area contributed by atoms with Crippen LogP contribution in [0.3, 0.4) is 0 Å². The summed E-state index contributed by atoms with van der Waals surface area (Å²) in [6, 6.07) is 5.63. The Hall–Kier alpha value is -2.24. The predicted octanol–water partition coefficient (Wildman–Crippen LogP) is 0.870. The predicted molar refractivity (Wildman–Crippen MR) is 71.1 cm³/mol. The van der Waals surface area contributed by atoms with Gasteiger partial charge in [-0.1, -0.05) is 6.07 Å². The smallest absolute Gasteiger partial charge is 0.404 e. The van der Waals surface area contributed by atoms with Crippen LogP contribution in [0, 0.1) is 0 Å². The van der Waals surface area contributed by atoms with E-state index in [1.807, 2.05) is 12.1 Å². The van der Waals surface area contributed by atoms with Crippen LogP contribution in [0.5, 0.6) is 0 Å². The third kappa shape index (κ3) is 3.37. The Kier molecular flexibility index (Phi) is 4.22. The van der Waals surface area contributed by atoms with Gasteiger partial charge in [-0.05, 0) is 30.5 Å². The summed E-state index contributed by atoms with van der Waals surface area (Å²) in [5.74, 6) is -0.159. The van der Waals surface area contributed by atoms with Crippen molar-refractivity contribution in [2.75, 3.05) is 25.0 Å². The minimum atomic E-state index is -0.837. The molecule has 1 aromatic carbocycles. The molecule has 1 aliphatic rings. The number of hydrogen-bond acceptors (Lipinski definition) is 4. The highest BCUT2D eigenvalue weighted by atomic mass is 16.5. The Labute approximate surface area is 111 Å². The molecule has 0 spiro atoms. The molecule has 102 valence electrons. The molecule has 4 N–H and O–H groups in total. The Morgan fingerprint density at radius 2 is 2.26 bits per heavy atom. The molecule has 6 nitrogen and oxygen atoms in total. The third-order valence-corrected chi connectivity index (χ3v) is 2.97. The molecule has 0 saturated carbocycles. The van der Waals surface area contributed by atoms with Crippen molar-refractivity contribution in [3.8, 4) is 0 Å². The first-order valence-corrected chi connectivity index (χ1v) is 6.24. The van der Waals surface area contributed by atoms with E-state index in [-0.39, 0.29) is 19.1 Å². The highest BCUT2D eigenvalue weighted by Crippen LogP contribution is 2.25. The number of carbonyl (C=O) groups is 2. The van der Waals surface area contributed by atoms with E-state index in [0.717, 1.165) is 30.6 Å². The summed E-state index contributed by atoms with van der Waals surface area (Å²) in [5, 5.41) is 5.98. The summed E-state index contributed by atoms with van der Waals surface area (Å²) in [5.41, 5.74) is 7.56. The highest BCUT2D eigenvalue weighted by Gasteiger charge is 2.16. The molecule has 2 rings (SSSR count). The highest BCUT2D eigenvalue weighted by molar-refractivity contribution is 5.97. The van der Waals surface area contributed by atoms with Gasteiger partial charge in [-0.3, -0.25) is 4.79 Å². The lowest BCUT2D eigenvalue weighted by Crippen LogP contribution is -2.30. The first-order valence-electron chi connectivity index (χ1n) is 6.24. The van der Waals surface area contributed by atoms with E-state index in [0.29, 0.717) is 5.56 Å². The van der Waals surface area contributed by atoms with E-state index < -0.39 is 6.09 Å². The van der Waals surface area contributed by atoms with Gasteiger partial charge in [0, 0.05) is 17.8 Å². The second kappa shape index (κ2) is 6.08. The molecule has 6 heteroatoms. The van der Waals surface area contributed by atoms with Crippen molar-refractivity contribution in [1.82, 2.24) is 5.32 Å². The summed E-state index contributed by atoms with van der Waals surface area (Å²) < 4.78 is 4.55. The number of nitrogens with two attached hydrogens (primary N) is 1. The van der Waals surface area contributed by atoms with Gasteiger partial charge in [0.1, 0.15) is 6.61 Å². The van der Waals surface area contributed by atoms with Crippen LogP contribution >= 0.6 is 0 Å². The van der Waals surface area contributed by atoms with Crippen LogP contribution in [0.25, 0.3) is 0 Å². The lowest BCUT2D eigenvalue weighted by molar-refractivity contribution is 0.0936. The monoisotopic (exact) mass is 263 g/mol. The zero-order chi connectivity index (χ0) is 13.7. The summed E-state index contributed by atoms with van der Waals surface area (Å²) in [6.45, 7) is 1.26. The standard InChI is InChI=1S/C13H17N3O3/c14-13(18)19-8-7-16-12(17)10-3-1-5-11-9(10)4-2-6-15-11/h1,3,5,15H,2,4,6-8H2,(H2,14,18)(H,16,17). The Morgan fingerprint density at radius 3 is 3.05 bits per heavy atom. The van der Waals surface area contributed by atoms with Crippen LogP contribution in [0.4, 0.5) is 10.5 Å². The minimum absolute atomic E-state index is 0.0777. The number of ether oxygens (including phenoxy) is 1. The summed E-state index contributed by atoms with van der Waals surface area (Å²) >= 11 is 0. The molecule has 0 unspecified atom stereocenters. The quantitative estimate of drug-likeness (QED) is 0.703. The fraction of sp³-hybridized carbons (Fsp3) is 0.385. The molecule has 19 heavy (non-hydrogen) atoms. The van der Waals surface area contributed by atoms with Gasteiger partial charge < -0.3 is 21.1 Å². The average Bonchev–Trinajstić information content (AvgIpc) is 2.42. The Bertz CT molecular complexity index is 488. The topological polar surface area (TPSA) is 93.5 Å². The van der Waals surface area contributed by atoms with Crippen LogP contribution in [0.15, 0.2) is 18.2 Å². The van der Waals surface area contributed by atoms with Crippen molar-refractivity contribution >= 4 is 17.7 Å². The van der Waals surface area contributed by atoms with Crippen LogP contribution in [0.2, 0.25) is 0 Å². The van der Waals surface area contributed by atoms with Gasteiger partial charge >= 0.3 is 6.09 Å². The molecule has 1 heterocycles. The molecule has 0 aliphatic carbocycles. The maximum atomic E-state index is 12.1. The number of rotatable bonds is 4. The lowest BCUT2D eigenvalue weighted by Gasteiger charge is -2.20. The summed E-state index contributed by atoms with van der Waals surface area (Å²) in [4.78, 5) is 22.4. The van der Waals surface area contributed by atoms with E-state index in [1.165, 1.54) is 0 Å². The molecule has 2 amide bonds. The zero-order valence-electron chi connectivity index (χ0n) is 10.6. The number of nitrogens with one attached hydrogen (secondary N) is 2. The van der Waals surface area contributed by atoms with Crippen LogP contribution in [0.1, 0.15) is 22.3 Å². The summed E-state index contributed by atoms with van der Waals surface area (Å²) in [6.07, 6.45) is 1.07. The molecule has 0 saturated heterocycles. The molecule has 0 fully saturated rings. The van der Waals surface area contributed by atoms with E-state index in [9.17, 15) is 9.59 Å². The van der Waals surface area contributed by atoms with Crippen LogP contribution in [-0.4, -0.2) is 31.7 Å². The van der Waals surface area contributed by atoms with Gasteiger partial charge in [0.15, 0.2) is 0 Å². The molecule has 0 aromatic heterocycles. The minimum Gasteiger partial charge on any atom is -0.448 e. The second-order valence-electron chi connectivity index (χ2n) is 4.29. The van der Waals surface area contributed by atoms with E-state index in [2.05, 4.69) is 15.4 Å². The first kappa shape index (κ1) is 13.2. The van der Waals surface area contributed by atoms with Crippen molar-refractivity contribution in [1.29, 1.82) is 0 Å². The molecule has 0 atom stereocenters. The van der Waals surface area contributed by atoms with Gasteiger partial charge in [0.05, 0.1) is 6.54 Å². The first-order chi connectivity index (χ1) is 9.18. The second-order valence-corrected chi connectivity index (χ2v) is 4.29. The van der Waals surface area contributed by atoms with Crippen molar-refractivity contribution in [3.63, 3.8) is 0 Å². The number of carbonyl (C=O) groups excluding carboxylic acids is 2. The molecular weight excluding hydrogens is 246 g/mol. The molecular formula is C13H17N3O3. The fourth-order valence-corrected chi connectivity index (χ4v) is 2.13. The average molecular weight is 263 g/mol. The fourth-order valence-electron chi connectivity index (χ4n) is 2.13. The maximum absolute atomic E-state index is 12.1. The van der Waals surface area contributed by atoms with Crippen molar-refractivity contribution < 1.29 is 14.3 Å². The number of anilines is 1. The normalized spacial score (nSPS) is 13.1. The number of amides is 2. The van der Waals surface area contributed by atoms with Gasteiger partial charge in [-0.25, -0.2) is 4.79 Å². The van der Waals surface area contributed by atoms with Gasteiger partial charge in [0.25, 0.3) is 5.91 Å². The van der Waals surface area contributed by atoms with Gasteiger partial charge in [-0.2, -0.15) is 0 Å². The maximum Gasteiger partial charge on any atom is 0.404 e. The van der Waals surface area contributed by atoms with Crippen molar-refractivity contribution in [2.24, 2.45) is 5.73 Å². The van der Waals surface area contributed by atoms with Gasteiger partial charge in [0.2, 0.25) is 0 Å². The molecule has 0 bridgehead atoms. The molecule has 0 radical (unpaired) electrons. The van der Waals surface area contributed by atoms with Gasteiger partial charge in [-0.15, -0.1) is 0 Å². The van der Waals surface area contributed by atoms with E-state index >= 15 is 0 Å². The molecule has 1 aliphatic heterocycles. The van der Waals surface area contributed by atoms with E-state index in [4.69, 9.17) is 5.73 Å². The largest absolute Gasteiger partial charge is 0.448 e. The number of benzene rings is 1. The van der Waals surface area contributed by atoms with Crippen LogP contribution < -0.4 is 16.4 Å². The third-order valence-electron chi connectivity index (χ3n) is 2.97. The Balaban J connectivity index is 1.97.